The van der Waals surface area contributed by atoms with Crippen molar-refractivity contribution in [2.24, 2.45) is 0 Å². The third-order valence-electron chi connectivity index (χ3n) is 4.99. The SMILES string of the molecule is CC(=O)NCC1CN(c2ccc(-n3cnc(C(=O)NCc4ccncc4)c3)c(F)c2)C(=O)O1. The highest BCUT2D eigenvalue weighted by Crippen LogP contribution is 2.25. The van der Waals surface area contributed by atoms with E-state index in [1.165, 1.54) is 41.0 Å². The number of carbonyl (C=O) groups is 3. The first-order chi connectivity index (χ1) is 15.9. The number of nitrogens with one attached hydrogen (secondary N) is 2. The summed E-state index contributed by atoms with van der Waals surface area (Å²) >= 11 is 0. The number of benzene rings is 1. The molecule has 11 heteroatoms. The summed E-state index contributed by atoms with van der Waals surface area (Å²) in [6, 6.07) is 7.84. The molecule has 3 amide bonds. The molecule has 4 rings (SSSR count). The highest BCUT2D eigenvalue weighted by molar-refractivity contribution is 5.92. The van der Waals surface area contributed by atoms with Gasteiger partial charge in [0, 0.05) is 32.1 Å². The van der Waals surface area contributed by atoms with E-state index in [4.69, 9.17) is 4.74 Å². The van der Waals surface area contributed by atoms with E-state index in [-0.39, 0.29) is 30.4 Å². The van der Waals surface area contributed by atoms with Crippen LogP contribution in [-0.2, 0) is 16.1 Å². The Morgan fingerprint density at radius 3 is 2.73 bits per heavy atom. The maximum atomic E-state index is 14.9. The van der Waals surface area contributed by atoms with E-state index in [1.54, 1.807) is 30.6 Å². The number of ether oxygens (including phenoxy) is 1. The van der Waals surface area contributed by atoms with Gasteiger partial charge in [0.1, 0.15) is 23.9 Å². The van der Waals surface area contributed by atoms with Gasteiger partial charge < -0.3 is 19.9 Å². The molecular weight excluding hydrogens is 431 g/mol. The van der Waals surface area contributed by atoms with Crippen molar-refractivity contribution >= 4 is 23.6 Å². The van der Waals surface area contributed by atoms with Crippen LogP contribution in [0.3, 0.4) is 0 Å². The summed E-state index contributed by atoms with van der Waals surface area (Å²) in [5.74, 6) is -1.23. The molecule has 3 aromatic rings. The molecule has 1 fully saturated rings. The van der Waals surface area contributed by atoms with Gasteiger partial charge >= 0.3 is 6.09 Å². The monoisotopic (exact) mass is 452 g/mol. The average molecular weight is 452 g/mol. The molecule has 1 aliphatic rings. The van der Waals surface area contributed by atoms with Crippen molar-refractivity contribution in [3.63, 3.8) is 0 Å². The lowest BCUT2D eigenvalue weighted by Gasteiger charge is -2.14. The van der Waals surface area contributed by atoms with Crippen molar-refractivity contribution < 1.29 is 23.5 Å². The molecule has 0 bridgehead atoms. The zero-order valence-corrected chi connectivity index (χ0v) is 17.7. The van der Waals surface area contributed by atoms with Gasteiger partial charge in [-0.15, -0.1) is 0 Å². The molecule has 0 radical (unpaired) electrons. The van der Waals surface area contributed by atoms with E-state index in [0.29, 0.717) is 12.2 Å². The van der Waals surface area contributed by atoms with E-state index in [9.17, 15) is 18.8 Å². The van der Waals surface area contributed by atoms with Gasteiger partial charge in [0.25, 0.3) is 5.91 Å². The fourth-order valence-corrected chi connectivity index (χ4v) is 3.31. The molecule has 170 valence electrons. The summed E-state index contributed by atoms with van der Waals surface area (Å²) in [5, 5.41) is 5.34. The number of rotatable bonds is 7. The highest BCUT2D eigenvalue weighted by atomic mass is 19.1. The molecule has 10 nitrogen and oxygen atoms in total. The van der Waals surface area contributed by atoms with Crippen molar-refractivity contribution in [3.8, 4) is 5.69 Å². The fourth-order valence-electron chi connectivity index (χ4n) is 3.31. The molecule has 33 heavy (non-hydrogen) atoms. The first kappa shape index (κ1) is 21.9. The minimum Gasteiger partial charge on any atom is -0.442 e. The summed E-state index contributed by atoms with van der Waals surface area (Å²) in [6.07, 6.45) is 4.89. The number of hydrogen-bond donors (Lipinski definition) is 2. The third-order valence-corrected chi connectivity index (χ3v) is 4.99. The number of cyclic esters (lactones) is 1. The van der Waals surface area contributed by atoms with Gasteiger partial charge in [0.2, 0.25) is 5.91 Å². The van der Waals surface area contributed by atoms with Crippen LogP contribution in [0.2, 0.25) is 0 Å². The van der Waals surface area contributed by atoms with E-state index in [2.05, 4.69) is 20.6 Å². The lowest BCUT2D eigenvalue weighted by Crippen LogP contribution is -2.33. The second-order valence-electron chi connectivity index (χ2n) is 7.39. The molecule has 0 spiro atoms. The molecule has 1 aromatic carbocycles. The van der Waals surface area contributed by atoms with E-state index in [1.807, 2.05) is 0 Å². The number of nitrogens with zero attached hydrogens (tertiary/aromatic N) is 4. The second kappa shape index (κ2) is 9.47. The Labute approximate surface area is 188 Å². The van der Waals surface area contributed by atoms with Gasteiger partial charge in [0.15, 0.2) is 0 Å². The lowest BCUT2D eigenvalue weighted by molar-refractivity contribution is -0.119. The second-order valence-corrected chi connectivity index (χ2v) is 7.39. The molecule has 2 aromatic heterocycles. The van der Waals surface area contributed by atoms with Gasteiger partial charge in [-0.05, 0) is 35.9 Å². The number of aromatic nitrogens is 3. The normalized spacial score (nSPS) is 15.3. The van der Waals surface area contributed by atoms with Gasteiger partial charge in [-0.2, -0.15) is 0 Å². The number of pyridine rings is 1. The number of amides is 3. The van der Waals surface area contributed by atoms with E-state index >= 15 is 0 Å². The Morgan fingerprint density at radius 2 is 2.00 bits per heavy atom. The summed E-state index contributed by atoms with van der Waals surface area (Å²) in [7, 11) is 0. The number of hydrogen-bond acceptors (Lipinski definition) is 6. The van der Waals surface area contributed by atoms with Gasteiger partial charge in [-0.1, -0.05) is 0 Å². The van der Waals surface area contributed by atoms with Crippen LogP contribution in [0, 0.1) is 5.82 Å². The number of anilines is 1. The van der Waals surface area contributed by atoms with Crippen molar-refractivity contribution in [3.05, 3.63) is 72.3 Å². The van der Waals surface area contributed by atoms with Gasteiger partial charge in [0.05, 0.1) is 24.5 Å². The predicted octanol–water partition coefficient (Wildman–Crippen LogP) is 1.80. The zero-order chi connectivity index (χ0) is 23.4. The Hall–Kier alpha value is -4.28. The van der Waals surface area contributed by atoms with Crippen molar-refractivity contribution in [2.75, 3.05) is 18.0 Å². The molecule has 1 saturated heterocycles. The Kier molecular flexibility index (Phi) is 6.29. The summed E-state index contributed by atoms with van der Waals surface area (Å²) < 4.78 is 21.5. The minimum absolute atomic E-state index is 0.136. The number of carbonyl (C=O) groups excluding carboxylic acids is 3. The highest BCUT2D eigenvalue weighted by Gasteiger charge is 2.32. The molecule has 0 saturated carbocycles. The Balaban J connectivity index is 1.42. The van der Waals surface area contributed by atoms with Crippen LogP contribution in [0.25, 0.3) is 5.69 Å². The predicted molar refractivity (Wildman–Crippen MR) is 115 cm³/mol. The molecule has 1 atom stereocenters. The largest absolute Gasteiger partial charge is 0.442 e. The molecule has 3 heterocycles. The van der Waals surface area contributed by atoms with Crippen molar-refractivity contribution in [1.82, 2.24) is 25.2 Å². The summed E-state index contributed by atoms with van der Waals surface area (Å²) in [6.45, 7) is 2.05. The fraction of sp³-hybridized carbons (Fsp3) is 0.227. The van der Waals surface area contributed by atoms with E-state index < -0.39 is 23.9 Å². The average Bonchev–Trinajstić information content (AvgIpc) is 3.43. The summed E-state index contributed by atoms with van der Waals surface area (Å²) in [4.78, 5) is 44.8. The van der Waals surface area contributed by atoms with Crippen LogP contribution < -0.4 is 15.5 Å². The van der Waals surface area contributed by atoms with Crippen molar-refractivity contribution in [1.29, 1.82) is 0 Å². The van der Waals surface area contributed by atoms with Crippen LogP contribution in [0.5, 0.6) is 0 Å². The molecule has 2 N–H and O–H groups in total. The third kappa shape index (κ3) is 5.14. The maximum Gasteiger partial charge on any atom is 0.414 e. The minimum atomic E-state index is -0.617. The maximum absolute atomic E-state index is 14.9. The molecule has 1 aliphatic heterocycles. The topological polar surface area (TPSA) is 118 Å². The van der Waals surface area contributed by atoms with Gasteiger partial charge in [-0.25, -0.2) is 14.2 Å². The van der Waals surface area contributed by atoms with Gasteiger partial charge in [-0.3, -0.25) is 19.5 Å². The number of imidazole rings is 1. The first-order valence-electron chi connectivity index (χ1n) is 10.1. The van der Waals surface area contributed by atoms with Crippen LogP contribution in [0.4, 0.5) is 14.9 Å². The quantitative estimate of drug-likeness (QED) is 0.564. The molecule has 0 aliphatic carbocycles. The zero-order valence-electron chi connectivity index (χ0n) is 17.7. The van der Waals surface area contributed by atoms with Crippen LogP contribution in [-0.4, -0.2) is 51.6 Å². The smallest absolute Gasteiger partial charge is 0.414 e. The first-order valence-corrected chi connectivity index (χ1v) is 10.1. The van der Waals surface area contributed by atoms with Crippen molar-refractivity contribution in [2.45, 2.75) is 19.6 Å². The summed E-state index contributed by atoms with van der Waals surface area (Å²) in [5.41, 5.74) is 1.51. The number of halogens is 1. The molecular formula is C22H21FN6O4. The van der Waals surface area contributed by atoms with E-state index in [0.717, 1.165) is 5.56 Å². The van der Waals surface area contributed by atoms with Crippen LogP contribution >= 0.6 is 0 Å². The molecule has 1 unspecified atom stereocenters. The Bertz CT molecular complexity index is 1180. The Morgan fingerprint density at radius 1 is 1.21 bits per heavy atom. The van der Waals surface area contributed by atoms with Crippen LogP contribution in [0.15, 0.2) is 55.2 Å². The standard InChI is InChI=1S/C22H21FN6O4/c1-14(30)25-10-17-11-29(22(32)33-17)16-2-3-20(18(23)8-16)28-12-19(27-13-28)21(31)26-9-15-4-6-24-7-5-15/h2-8,12-13,17H,9-11H2,1H3,(H,25,30)(H,26,31). The van der Waals surface area contributed by atoms with Crippen LogP contribution in [0.1, 0.15) is 23.0 Å². The lowest BCUT2D eigenvalue weighted by atomic mass is 10.2.